The van der Waals surface area contributed by atoms with Gasteiger partial charge < -0.3 is 5.32 Å². The van der Waals surface area contributed by atoms with Crippen LogP contribution in [-0.4, -0.2) is 26.6 Å². The fourth-order valence-corrected chi connectivity index (χ4v) is 4.22. The summed E-state index contributed by atoms with van der Waals surface area (Å²) in [7, 11) is -3.64. The second-order valence-electron chi connectivity index (χ2n) is 6.39. The number of hydrogen-bond acceptors (Lipinski definition) is 3. The van der Waals surface area contributed by atoms with E-state index in [4.69, 9.17) is 11.6 Å². The van der Waals surface area contributed by atoms with Crippen molar-refractivity contribution in [2.24, 2.45) is 0 Å². The highest BCUT2D eigenvalue weighted by atomic mass is 35.5. The van der Waals surface area contributed by atoms with Crippen LogP contribution in [0.15, 0.2) is 42.5 Å². The molecular weight excluding hydrogens is 372 g/mol. The van der Waals surface area contributed by atoms with Crippen LogP contribution >= 0.6 is 11.6 Å². The zero-order valence-corrected chi connectivity index (χ0v) is 16.9. The van der Waals surface area contributed by atoms with Crippen molar-refractivity contribution < 1.29 is 13.2 Å². The number of aryl methyl sites for hydroxylation is 2. The molecule has 0 bridgehead atoms. The Bertz CT molecular complexity index is 893. The van der Waals surface area contributed by atoms with Crippen molar-refractivity contribution in [2.45, 2.75) is 33.4 Å². The topological polar surface area (TPSA) is 66.5 Å². The molecule has 0 heterocycles. The summed E-state index contributed by atoms with van der Waals surface area (Å²) in [6.45, 7) is 5.58. The minimum atomic E-state index is -3.64. The molecule has 7 heteroatoms. The van der Waals surface area contributed by atoms with E-state index < -0.39 is 22.0 Å². The quantitative estimate of drug-likeness (QED) is 0.816. The van der Waals surface area contributed by atoms with E-state index in [-0.39, 0.29) is 6.54 Å². The molecule has 0 radical (unpaired) electrons. The third-order valence-corrected chi connectivity index (χ3v) is 5.57. The molecule has 2 aromatic rings. The van der Waals surface area contributed by atoms with Gasteiger partial charge >= 0.3 is 0 Å². The first-order valence-electron chi connectivity index (χ1n) is 8.18. The third kappa shape index (κ3) is 4.99. The average Bonchev–Trinajstić information content (AvgIpc) is 2.51. The molecule has 0 unspecified atom stereocenters. The van der Waals surface area contributed by atoms with Crippen molar-refractivity contribution in [3.05, 3.63) is 64.2 Å². The van der Waals surface area contributed by atoms with Crippen LogP contribution in [0.4, 0.5) is 5.69 Å². The van der Waals surface area contributed by atoms with Gasteiger partial charge in [0.15, 0.2) is 0 Å². The van der Waals surface area contributed by atoms with E-state index in [2.05, 4.69) is 5.32 Å². The number of halogens is 1. The minimum Gasteiger partial charge on any atom is -0.350 e. The Labute approximate surface area is 160 Å². The summed E-state index contributed by atoms with van der Waals surface area (Å²) in [6, 6.07) is 11.8. The van der Waals surface area contributed by atoms with Crippen molar-refractivity contribution in [3.63, 3.8) is 0 Å². The summed E-state index contributed by atoms with van der Waals surface area (Å²) in [4.78, 5) is 12.6. The number of carbonyl (C=O) groups excluding carboxylic acids is 1. The first-order valence-corrected chi connectivity index (χ1v) is 10.4. The fraction of sp³-hybridized carbons (Fsp3) is 0.316. The van der Waals surface area contributed by atoms with Gasteiger partial charge in [0.2, 0.25) is 15.9 Å². The summed E-state index contributed by atoms with van der Waals surface area (Å²) < 4.78 is 25.9. The molecule has 0 aliphatic rings. The molecule has 0 saturated carbocycles. The molecule has 1 N–H and O–H groups in total. The van der Waals surface area contributed by atoms with Crippen LogP contribution in [0.5, 0.6) is 0 Å². The fourth-order valence-electron chi connectivity index (χ4n) is 2.86. The van der Waals surface area contributed by atoms with Crippen LogP contribution in [0.2, 0.25) is 5.02 Å². The van der Waals surface area contributed by atoms with Crippen molar-refractivity contribution >= 4 is 33.2 Å². The molecule has 5 nitrogen and oxygen atoms in total. The summed E-state index contributed by atoms with van der Waals surface area (Å²) in [5, 5.41) is 3.31. The van der Waals surface area contributed by atoms with Crippen molar-refractivity contribution in [2.75, 3.05) is 10.6 Å². The first kappa shape index (κ1) is 20.3. The van der Waals surface area contributed by atoms with Crippen LogP contribution in [0.25, 0.3) is 0 Å². The van der Waals surface area contributed by atoms with Crippen LogP contribution in [0, 0.1) is 13.8 Å². The minimum absolute atomic E-state index is 0.229. The number of sulfonamides is 1. The predicted molar refractivity (Wildman–Crippen MR) is 106 cm³/mol. The zero-order chi connectivity index (χ0) is 19.5. The van der Waals surface area contributed by atoms with E-state index in [1.165, 1.54) is 0 Å². The molecule has 0 saturated heterocycles. The van der Waals surface area contributed by atoms with Gasteiger partial charge in [-0.15, -0.1) is 0 Å². The molecule has 0 aliphatic heterocycles. The molecule has 26 heavy (non-hydrogen) atoms. The Morgan fingerprint density at radius 3 is 2.27 bits per heavy atom. The number of rotatable bonds is 6. The maximum atomic E-state index is 12.6. The second kappa shape index (κ2) is 8.10. The van der Waals surface area contributed by atoms with Crippen LogP contribution in [0.1, 0.15) is 23.6 Å². The molecule has 0 spiro atoms. The summed E-state index contributed by atoms with van der Waals surface area (Å²) >= 11 is 6.10. The highest BCUT2D eigenvalue weighted by Gasteiger charge is 2.29. The Hall–Kier alpha value is -2.05. The zero-order valence-electron chi connectivity index (χ0n) is 15.3. The summed E-state index contributed by atoms with van der Waals surface area (Å²) in [5.41, 5.74) is 3.10. The third-order valence-electron chi connectivity index (χ3n) is 3.96. The van der Waals surface area contributed by atoms with E-state index in [0.717, 1.165) is 27.3 Å². The monoisotopic (exact) mass is 394 g/mol. The largest absolute Gasteiger partial charge is 0.350 e. The van der Waals surface area contributed by atoms with E-state index in [1.54, 1.807) is 25.1 Å². The first-order chi connectivity index (χ1) is 12.1. The number of amides is 1. The Balaban J connectivity index is 2.25. The molecule has 140 valence electrons. The molecule has 0 fully saturated rings. The van der Waals surface area contributed by atoms with Crippen molar-refractivity contribution in [1.82, 2.24) is 5.32 Å². The lowest BCUT2D eigenvalue weighted by molar-refractivity contribution is -0.122. The standard InChI is InChI=1S/C19H23ClN2O3S/c1-13-9-14(2)11-17(10-13)22(26(4,24)25)15(3)19(23)21-12-16-7-5-6-8-18(16)20/h5-11,15H,12H2,1-4H3,(H,21,23)/t15-/m1/s1. The number of benzene rings is 2. The Morgan fingerprint density at radius 1 is 1.15 bits per heavy atom. The smallest absolute Gasteiger partial charge is 0.243 e. The van der Waals surface area contributed by atoms with Crippen molar-refractivity contribution in [1.29, 1.82) is 0 Å². The maximum Gasteiger partial charge on any atom is 0.243 e. The maximum absolute atomic E-state index is 12.6. The molecule has 1 amide bonds. The molecule has 2 rings (SSSR count). The molecule has 2 aromatic carbocycles. The van der Waals surface area contributed by atoms with Gasteiger partial charge in [0.1, 0.15) is 6.04 Å². The summed E-state index contributed by atoms with van der Waals surface area (Å²) in [5.74, 6) is -0.394. The van der Waals surface area contributed by atoms with E-state index in [9.17, 15) is 13.2 Å². The van der Waals surface area contributed by atoms with Crippen LogP contribution in [-0.2, 0) is 21.4 Å². The van der Waals surface area contributed by atoms with Gasteiger partial charge in [-0.25, -0.2) is 8.42 Å². The summed E-state index contributed by atoms with van der Waals surface area (Å²) in [6.07, 6.45) is 1.10. The van der Waals surface area contributed by atoms with Gasteiger partial charge in [-0.2, -0.15) is 0 Å². The normalized spacial score (nSPS) is 12.5. The van der Waals surface area contributed by atoms with Crippen LogP contribution < -0.4 is 9.62 Å². The van der Waals surface area contributed by atoms with Gasteiger partial charge in [0, 0.05) is 11.6 Å². The lowest BCUT2D eigenvalue weighted by atomic mass is 10.1. The number of hydrogen-bond donors (Lipinski definition) is 1. The lowest BCUT2D eigenvalue weighted by Gasteiger charge is -2.29. The second-order valence-corrected chi connectivity index (χ2v) is 8.66. The number of anilines is 1. The van der Waals surface area contributed by atoms with Crippen LogP contribution in [0.3, 0.4) is 0 Å². The Morgan fingerprint density at radius 2 is 1.73 bits per heavy atom. The van der Waals surface area contributed by atoms with Gasteiger partial charge in [-0.3, -0.25) is 9.10 Å². The van der Waals surface area contributed by atoms with Gasteiger partial charge in [-0.1, -0.05) is 35.9 Å². The van der Waals surface area contributed by atoms with Gasteiger partial charge in [0.25, 0.3) is 0 Å². The van der Waals surface area contributed by atoms with Gasteiger partial charge in [-0.05, 0) is 55.7 Å². The highest BCUT2D eigenvalue weighted by Crippen LogP contribution is 2.24. The number of carbonyl (C=O) groups is 1. The number of nitrogens with zero attached hydrogens (tertiary/aromatic N) is 1. The van der Waals surface area contributed by atoms with E-state index in [0.29, 0.717) is 10.7 Å². The van der Waals surface area contributed by atoms with Crippen molar-refractivity contribution in [3.8, 4) is 0 Å². The average molecular weight is 395 g/mol. The Kier molecular flexibility index (Phi) is 6.31. The van der Waals surface area contributed by atoms with E-state index in [1.807, 2.05) is 38.1 Å². The number of nitrogens with one attached hydrogen (secondary N) is 1. The molecule has 1 atom stereocenters. The van der Waals surface area contributed by atoms with E-state index >= 15 is 0 Å². The SMILES string of the molecule is Cc1cc(C)cc(N([C@H](C)C(=O)NCc2ccccc2Cl)S(C)(=O)=O)c1. The highest BCUT2D eigenvalue weighted by molar-refractivity contribution is 7.92. The molecule has 0 aromatic heterocycles. The molecular formula is C19H23ClN2O3S. The lowest BCUT2D eigenvalue weighted by Crippen LogP contribution is -2.47. The predicted octanol–water partition coefficient (Wildman–Crippen LogP) is 3.43. The molecule has 0 aliphatic carbocycles. The van der Waals surface area contributed by atoms with Gasteiger partial charge in [0.05, 0.1) is 11.9 Å².